The summed E-state index contributed by atoms with van der Waals surface area (Å²) in [6.45, 7) is 5.17. The maximum atomic E-state index is 13.2. The molecule has 0 saturated carbocycles. The molecule has 1 fully saturated rings. The molecule has 3 aromatic rings. The summed E-state index contributed by atoms with van der Waals surface area (Å²) in [5, 5.41) is 0.794. The van der Waals surface area contributed by atoms with Crippen LogP contribution >= 0.6 is 0 Å². The lowest BCUT2D eigenvalue weighted by Gasteiger charge is -2.25. The second kappa shape index (κ2) is 7.27. The number of anilines is 1. The summed E-state index contributed by atoms with van der Waals surface area (Å²) in [5.74, 6) is -0.0658. The van der Waals surface area contributed by atoms with Crippen LogP contribution in [0.2, 0.25) is 0 Å². The monoisotopic (exact) mass is 361 g/mol. The maximum absolute atomic E-state index is 13.2. The number of carbonyl (C=O) groups excluding carboxylic acids is 1. The van der Waals surface area contributed by atoms with Crippen LogP contribution in [0.25, 0.3) is 10.9 Å². The fraction of sp³-hybridized carbons (Fsp3) is 0.273. The second-order valence-corrected chi connectivity index (χ2v) is 7.01. The Bertz CT molecular complexity index is 1040. The summed E-state index contributed by atoms with van der Waals surface area (Å²) in [6.07, 6.45) is 0.904. The standard InChI is InChI=1S/C22H23N3O2/c1-16-7-2-5-10-20(16)24-11-6-12-25(14-13-24)22(27)18-15-21(26)23-19-9-4-3-8-17(18)19/h2-5,7-10,15H,6,11-14H2,1H3,(H,23,26). The summed E-state index contributed by atoms with van der Waals surface area (Å²) in [5.41, 5.74) is 3.42. The molecular formula is C22H23N3O2. The Labute approximate surface area is 158 Å². The molecule has 5 heteroatoms. The molecule has 0 radical (unpaired) electrons. The first-order valence-electron chi connectivity index (χ1n) is 9.35. The number of fused-ring (bicyclic) bond motifs is 1. The van der Waals surface area contributed by atoms with Gasteiger partial charge in [0.25, 0.3) is 5.91 Å². The van der Waals surface area contributed by atoms with Crippen LogP contribution in [-0.2, 0) is 0 Å². The number of aryl methyl sites for hydroxylation is 1. The van der Waals surface area contributed by atoms with Gasteiger partial charge in [-0.25, -0.2) is 0 Å². The number of hydrogen-bond donors (Lipinski definition) is 1. The number of benzene rings is 2. The third kappa shape index (κ3) is 3.45. The van der Waals surface area contributed by atoms with Crippen molar-refractivity contribution in [2.24, 2.45) is 0 Å². The number of aromatic nitrogens is 1. The number of pyridine rings is 1. The fourth-order valence-electron chi connectivity index (χ4n) is 3.83. The van der Waals surface area contributed by atoms with Gasteiger partial charge in [-0.2, -0.15) is 0 Å². The zero-order chi connectivity index (χ0) is 18.8. The number of H-pyrrole nitrogens is 1. The molecule has 0 aliphatic carbocycles. The minimum Gasteiger partial charge on any atom is -0.369 e. The van der Waals surface area contributed by atoms with Gasteiger partial charge in [-0.1, -0.05) is 36.4 Å². The highest BCUT2D eigenvalue weighted by Gasteiger charge is 2.22. The number of rotatable bonds is 2. The van der Waals surface area contributed by atoms with Crippen LogP contribution in [0.15, 0.2) is 59.4 Å². The minimum absolute atomic E-state index is 0.0658. The average molecular weight is 361 g/mol. The highest BCUT2D eigenvalue weighted by molar-refractivity contribution is 6.06. The van der Waals surface area contributed by atoms with E-state index in [1.165, 1.54) is 17.3 Å². The van der Waals surface area contributed by atoms with Gasteiger partial charge in [-0.3, -0.25) is 9.59 Å². The number of nitrogens with zero attached hydrogens (tertiary/aromatic N) is 2. The van der Waals surface area contributed by atoms with E-state index in [2.05, 4.69) is 35.0 Å². The lowest BCUT2D eigenvalue weighted by atomic mass is 10.1. The Kier molecular flexibility index (Phi) is 4.67. The van der Waals surface area contributed by atoms with E-state index in [4.69, 9.17) is 0 Å². The number of nitrogens with one attached hydrogen (secondary N) is 1. The van der Waals surface area contributed by atoms with Crippen molar-refractivity contribution in [2.45, 2.75) is 13.3 Å². The zero-order valence-corrected chi connectivity index (χ0v) is 15.4. The fourth-order valence-corrected chi connectivity index (χ4v) is 3.83. The molecule has 0 spiro atoms. The highest BCUT2D eigenvalue weighted by atomic mass is 16.2. The van der Waals surface area contributed by atoms with Gasteiger partial charge in [-0.05, 0) is 31.0 Å². The topological polar surface area (TPSA) is 56.4 Å². The summed E-state index contributed by atoms with van der Waals surface area (Å²) in [7, 11) is 0. The van der Waals surface area contributed by atoms with Gasteiger partial charge >= 0.3 is 0 Å². The summed E-state index contributed by atoms with van der Waals surface area (Å²) >= 11 is 0. The molecule has 1 aliphatic heterocycles. The molecule has 0 bridgehead atoms. The predicted molar refractivity (Wildman–Crippen MR) is 108 cm³/mol. The van der Waals surface area contributed by atoms with Crippen molar-refractivity contribution < 1.29 is 4.79 Å². The first-order valence-corrected chi connectivity index (χ1v) is 9.35. The van der Waals surface area contributed by atoms with E-state index in [-0.39, 0.29) is 11.5 Å². The van der Waals surface area contributed by atoms with Crippen molar-refractivity contribution in [3.05, 3.63) is 76.1 Å². The van der Waals surface area contributed by atoms with E-state index in [9.17, 15) is 9.59 Å². The number of hydrogen-bond acceptors (Lipinski definition) is 3. The average Bonchev–Trinajstić information content (AvgIpc) is 2.93. The highest BCUT2D eigenvalue weighted by Crippen LogP contribution is 2.22. The third-order valence-electron chi connectivity index (χ3n) is 5.22. The number of aromatic amines is 1. The predicted octanol–water partition coefficient (Wildman–Crippen LogP) is 3.19. The van der Waals surface area contributed by atoms with E-state index in [1.807, 2.05) is 35.2 Å². The third-order valence-corrected chi connectivity index (χ3v) is 5.22. The number of para-hydroxylation sites is 2. The first kappa shape index (κ1) is 17.3. The molecule has 1 aromatic heterocycles. The van der Waals surface area contributed by atoms with Crippen molar-refractivity contribution in [3.63, 3.8) is 0 Å². The normalized spacial score (nSPS) is 15.0. The molecule has 138 valence electrons. The van der Waals surface area contributed by atoms with E-state index in [1.54, 1.807) is 0 Å². The summed E-state index contributed by atoms with van der Waals surface area (Å²) in [4.78, 5) is 32.2. The molecule has 4 rings (SSSR count). The first-order chi connectivity index (χ1) is 13.1. The van der Waals surface area contributed by atoms with Crippen LogP contribution < -0.4 is 10.5 Å². The number of carbonyl (C=O) groups is 1. The van der Waals surface area contributed by atoms with Gasteiger partial charge < -0.3 is 14.8 Å². The second-order valence-electron chi connectivity index (χ2n) is 7.01. The lowest BCUT2D eigenvalue weighted by molar-refractivity contribution is 0.0769. The SMILES string of the molecule is Cc1ccccc1N1CCCN(C(=O)c2cc(=O)[nH]c3ccccc23)CC1. The van der Waals surface area contributed by atoms with Gasteiger partial charge in [0, 0.05) is 48.8 Å². The smallest absolute Gasteiger partial charge is 0.254 e. The Morgan fingerprint density at radius 1 is 0.963 bits per heavy atom. The minimum atomic E-state index is -0.242. The Balaban J connectivity index is 1.59. The van der Waals surface area contributed by atoms with Crippen LogP contribution in [0.1, 0.15) is 22.3 Å². The van der Waals surface area contributed by atoms with Crippen LogP contribution in [0.5, 0.6) is 0 Å². The Hall–Kier alpha value is -3.08. The van der Waals surface area contributed by atoms with E-state index >= 15 is 0 Å². The molecule has 1 aliphatic rings. The van der Waals surface area contributed by atoms with Gasteiger partial charge in [0.05, 0.1) is 5.56 Å². The van der Waals surface area contributed by atoms with E-state index in [0.717, 1.165) is 24.9 Å². The van der Waals surface area contributed by atoms with Gasteiger partial charge in [0.1, 0.15) is 0 Å². The molecule has 27 heavy (non-hydrogen) atoms. The summed E-state index contributed by atoms with van der Waals surface area (Å²) < 4.78 is 0. The largest absolute Gasteiger partial charge is 0.369 e. The van der Waals surface area contributed by atoms with Crippen molar-refractivity contribution >= 4 is 22.5 Å². The van der Waals surface area contributed by atoms with Crippen molar-refractivity contribution in [1.82, 2.24) is 9.88 Å². The van der Waals surface area contributed by atoms with Crippen LogP contribution in [0.3, 0.4) is 0 Å². The van der Waals surface area contributed by atoms with Crippen molar-refractivity contribution in [3.8, 4) is 0 Å². The van der Waals surface area contributed by atoms with Gasteiger partial charge in [0.2, 0.25) is 5.56 Å². The molecule has 5 nitrogen and oxygen atoms in total. The molecule has 2 heterocycles. The zero-order valence-electron chi connectivity index (χ0n) is 15.4. The van der Waals surface area contributed by atoms with Crippen molar-refractivity contribution in [1.29, 1.82) is 0 Å². The van der Waals surface area contributed by atoms with Crippen molar-refractivity contribution in [2.75, 3.05) is 31.1 Å². The van der Waals surface area contributed by atoms with Crippen LogP contribution in [0, 0.1) is 6.92 Å². The van der Waals surface area contributed by atoms with Gasteiger partial charge in [0.15, 0.2) is 0 Å². The lowest BCUT2D eigenvalue weighted by Crippen LogP contribution is -2.36. The Morgan fingerprint density at radius 3 is 2.59 bits per heavy atom. The molecule has 1 amide bonds. The molecule has 1 saturated heterocycles. The summed E-state index contributed by atoms with van der Waals surface area (Å²) in [6, 6.07) is 17.2. The maximum Gasteiger partial charge on any atom is 0.254 e. The van der Waals surface area contributed by atoms with Crippen LogP contribution in [0.4, 0.5) is 5.69 Å². The molecule has 0 unspecified atom stereocenters. The van der Waals surface area contributed by atoms with Crippen LogP contribution in [-0.4, -0.2) is 42.0 Å². The van der Waals surface area contributed by atoms with Gasteiger partial charge in [-0.15, -0.1) is 0 Å². The number of amides is 1. The quantitative estimate of drug-likeness (QED) is 0.763. The molecular weight excluding hydrogens is 338 g/mol. The molecule has 1 N–H and O–H groups in total. The van der Waals surface area contributed by atoms with E-state index in [0.29, 0.717) is 24.2 Å². The molecule has 2 aromatic carbocycles. The molecule has 0 atom stereocenters. The Morgan fingerprint density at radius 2 is 1.74 bits per heavy atom. The van der Waals surface area contributed by atoms with E-state index < -0.39 is 0 Å².